The minimum Gasteiger partial charge on any atom is -0.266 e. The number of amidine groups is 1. The van der Waals surface area contributed by atoms with Crippen LogP contribution in [-0.2, 0) is 4.79 Å². The molecule has 4 rings (SSSR count). The predicted molar refractivity (Wildman–Crippen MR) is 109 cm³/mol. The van der Waals surface area contributed by atoms with Gasteiger partial charge in [-0.1, -0.05) is 41.4 Å². The first-order valence-electron chi connectivity index (χ1n) is 8.13. The third-order valence-electron chi connectivity index (χ3n) is 4.04. The summed E-state index contributed by atoms with van der Waals surface area (Å²) in [6, 6.07) is 19.1. The average molecular weight is 379 g/mol. The molecular weight excluding hydrogens is 364 g/mol. The van der Waals surface area contributed by atoms with Crippen LogP contribution < -0.4 is 4.90 Å². The van der Waals surface area contributed by atoms with Crippen molar-refractivity contribution in [1.82, 2.24) is 0 Å². The van der Waals surface area contributed by atoms with Gasteiger partial charge in [0.05, 0.1) is 5.69 Å². The van der Waals surface area contributed by atoms with Gasteiger partial charge in [-0.3, -0.25) is 9.69 Å². The highest BCUT2D eigenvalue weighted by Crippen LogP contribution is 2.29. The summed E-state index contributed by atoms with van der Waals surface area (Å²) < 4.78 is 0. The number of amides is 1. The zero-order chi connectivity index (χ0) is 18.1. The van der Waals surface area contributed by atoms with Gasteiger partial charge in [-0.15, -0.1) is 11.3 Å². The Labute approximate surface area is 160 Å². The van der Waals surface area contributed by atoms with Gasteiger partial charge in [0.1, 0.15) is 11.5 Å². The summed E-state index contributed by atoms with van der Waals surface area (Å²) in [5.74, 6) is 0.487. The van der Waals surface area contributed by atoms with Crippen molar-refractivity contribution >= 4 is 46.4 Å². The molecule has 0 N–H and O–H groups in total. The number of hydrogen-bond donors (Lipinski definition) is 0. The molecule has 0 saturated heterocycles. The van der Waals surface area contributed by atoms with Gasteiger partial charge < -0.3 is 0 Å². The highest BCUT2D eigenvalue weighted by molar-refractivity contribution is 7.10. The number of aliphatic imine (C=N–C) groups is 1. The molecule has 0 radical (unpaired) electrons. The van der Waals surface area contributed by atoms with Crippen LogP contribution in [0.5, 0.6) is 0 Å². The van der Waals surface area contributed by atoms with Gasteiger partial charge >= 0.3 is 0 Å². The number of benzene rings is 2. The lowest BCUT2D eigenvalue weighted by Crippen LogP contribution is -2.32. The van der Waals surface area contributed by atoms with E-state index in [0.29, 0.717) is 16.6 Å². The van der Waals surface area contributed by atoms with Gasteiger partial charge in [0.15, 0.2) is 0 Å². The predicted octanol–water partition coefficient (Wildman–Crippen LogP) is 5.54. The van der Waals surface area contributed by atoms with E-state index in [0.717, 1.165) is 21.7 Å². The van der Waals surface area contributed by atoms with Crippen LogP contribution >= 0.6 is 22.9 Å². The van der Waals surface area contributed by atoms with E-state index < -0.39 is 0 Å². The Morgan fingerprint density at radius 1 is 1.08 bits per heavy atom. The van der Waals surface area contributed by atoms with Crippen molar-refractivity contribution in [2.75, 3.05) is 4.90 Å². The summed E-state index contributed by atoms with van der Waals surface area (Å²) in [4.78, 5) is 20.4. The molecular formula is C21H15ClN2OS. The number of nitrogens with zero attached hydrogens (tertiary/aromatic N) is 2. The number of hydrogen-bond acceptors (Lipinski definition) is 3. The Kier molecular flexibility index (Phi) is 4.45. The molecule has 0 saturated carbocycles. The van der Waals surface area contributed by atoms with Crippen LogP contribution in [-0.4, -0.2) is 11.7 Å². The topological polar surface area (TPSA) is 32.7 Å². The number of carbonyl (C=O) groups is 1. The van der Waals surface area contributed by atoms with Gasteiger partial charge in [-0.2, -0.15) is 0 Å². The maximum atomic E-state index is 13.1. The molecule has 0 fully saturated rings. The van der Waals surface area contributed by atoms with Crippen LogP contribution in [0.1, 0.15) is 16.0 Å². The minimum atomic E-state index is -0.141. The second-order valence-electron chi connectivity index (χ2n) is 5.97. The van der Waals surface area contributed by atoms with Gasteiger partial charge in [0.2, 0.25) is 0 Å². The number of anilines is 1. The maximum absolute atomic E-state index is 13.1. The molecule has 2 aromatic carbocycles. The van der Waals surface area contributed by atoms with Crippen molar-refractivity contribution in [1.29, 1.82) is 0 Å². The quantitative estimate of drug-likeness (QED) is 0.550. The molecule has 1 aliphatic heterocycles. The first-order valence-corrected chi connectivity index (χ1v) is 9.38. The number of aryl methyl sites for hydroxylation is 1. The first-order chi connectivity index (χ1) is 12.6. The Morgan fingerprint density at radius 2 is 1.88 bits per heavy atom. The van der Waals surface area contributed by atoms with E-state index >= 15 is 0 Å². The normalized spacial score (nSPS) is 15.6. The number of halogens is 1. The molecule has 1 aliphatic rings. The molecule has 128 valence electrons. The van der Waals surface area contributed by atoms with Crippen molar-refractivity contribution in [3.05, 3.63) is 92.8 Å². The largest absolute Gasteiger partial charge is 0.282 e. The second kappa shape index (κ2) is 6.90. The van der Waals surface area contributed by atoms with Gasteiger partial charge in [0, 0.05) is 15.5 Å². The molecule has 0 spiro atoms. The van der Waals surface area contributed by atoms with Crippen molar-refractivity contribution in [2.24, 2.45) is 4.99 Å². The minimum absolute atomic E-state index is 0.141. The Balaban J connectivity index is 1.84. The van der Waals surface area contributed by atoms with Gasteiger partial charge in [0.25, 0.3) is 5.91 Å². The van der Waals surface area contributed by atoms with Crippen molar-refractivity contribution in [3.63, 3.8) is 0 Å². The fourth-order valence-corrected chi connectivity index (χ4v) is 3.61. The average Bonchev–Trinajstić information content (AvgIpc) is 3.25. The number of rotatable bonds is 3. The van der Waals surface area contributed by atoms with Crippen molar-refractivity contribution in [3.8, 4) is 0 Å². The SMILES string of the molecule is Cc1cccc(C2=N/C(=C/c3cccs3)C(=O)N2c2ccc(Cl)cc2)c1. The highest BCUT2D eigenvalue weighted by atomic mass is 35.5. The number of thiophene rings is 1. The van der Waals surface area contributed by atoms with E-state index in [9.17, 15) is 4.79 Å². The smallest absolute Gasteiger partial charge is 0.266 e. The van der Waals surface area contributed by atoms with Crippen LogP contribution in [0, 0.1) is 6.92 Å². The standard InChI is InChI=1S/C21H15ClN2OS/c1-14-4-2-5-15(12-14)20-23-19(13-18-6-3-11-26-18)21(25)24(20)17-9-7-16(22)8-10-17/h2-13H,1H3/b19-13+. The van der Waals surface area contributed by atoms with Crippen molar-refractivity contribution in [2.45, 2.75) is 6.92 Å². The third kappa shape index (κ3) is 3.21. The van der Waals surface area contributed by atoms with E-state index in [-0.39, 0.29) is 5.91 Å². The number of carbonyl (C=O) groups excluding carboxylic acids is 1. The first kappa shape index (κ1) is 16.8. The van der Waals surface area contributed by atoms with Crippen LogP contribution in [0.25, 0.3) is 6.08 Å². The fourth-order valence-electron chi connectivity index (χ4n) is 2.83. The van der Waals surface area contributed by atoms with Gasteiger partial charge in [-0.25, -0.2) is 4.99 Å². The Morgan fingerprint density at radius 3 is 2.58 bits per heavy atom. The summed E-state index contributed by atoms with van der Waals surface area (Å²) >= 11 is 7.59. The van der Waals surface area contributed by atoms with E-state index in [1.165, 1.54) is 0 Å². The lowest BCUT2D eigenvalue weighted by atomic mass is 10.1. The molecule has 3 aromatic rings. The van der Waals surface area contributed by atoms with Crippen molar-refractivity contribution < 1.29 is 4.79 Å². The van der Waals surface area contributed by atoms with Gasteiger partial charge in [-0.05, 0) is 54.8 Å². The second-order valence-corrected chi connectivity index (χ2v) is 7.38. The molecule has 0 aliphatic carbocycles. The monoisotopic (exact) mass is 378 g/mol. The maximum Gasteiger partial charge on any atom is 0.282 e. The molecule has 26 heavy (non-hydrogen) atoms. The molecule has 1 amide bonds. The van der Waals surface area contributed by atoms with E-state index in [1.807, 2.05) is 66.9 Å². The van der Waals surface area contributed by atoms with E-state index in [1.54, 1.807) is 28.4 Å². The van der Waals surface area contributed by atoms with Crippen LogP contribution in [0.15, 0.2) is 76.7 Å². The fraction of sp³-hybridized carbons (Fsp3) is 0.0476. The molecule has 0 unspecified atom stereocenters. The van der Waals surface area contributed by atoms with E-state index in [2.05, 4.69) is 4.99 Å². The van der Waals surface area contributed by atoms with Crippen LogP contribution in [0.2, 0.25) is 5.02 Å². The molecule has 5 heteroatoms. The summed E-state index contributed by atoms with van der Waals surface area (Å²) in [6.45, 7) is 2.02. The molecule has 2 heterocycles. The summed E-state index contributed by atoms with van der Waals surface area (Å²) in [7, 11) is 0. The molecule has 0 bridgehead atoms. The Bertz CT molecular complexity index is 1020. The zero-order valence-electron chi connectivity index (χ0n) is 14.0. The Hall–Kier alpha value is -2.69. The highest BCUT2D eigenvalue weighted by Gasteiger charge is 2.32. The summed E-state index contributed by atoms with van der Waals surface area (Å²) in [5, 5.41) is 2.61. The lowest BCUT2D eigenvalue weighted by Gasteiger charge is -2.18. The molecule has 0 atom stereocenters. The molecule has 3 nitrogen and oxygen atoms in total. The molecule has 1 aromatic heterocycles. The van der Waals surface area contributed by atoms with Crippen LogP contribution in [0.3, 0.4) is 0 Å². The van der Waals surface area contributed by atoms with Crippen LogP contribution in [0.4, 0.5) is 5.69 Å². The third-order valence-corrected chi connectivity index (χ3v) is 5.11. The summed E-state index contributed by atoms with van der Waals surface area (Å²) in [5.41, 5.74) is 3.19. The summed E-state index contributed by atoms with van der Waals surface area (Å²) in [6.07, 6.45) is 1.83. The van der Waals surface area contributed by atoms with E-state index in [4.69, 9.17) is 11.6 Å². The zero-order valence-corrected chi connectivity index (χ0v) is 15.6. The lowest BCUT2D eigenvalue weighted by molar-refractivity contribution is -0.113.